The standard InChI is InChI=1S/C15H16FNO3S/c1-9(13-6-11(16)3-4-14(13)20-2)17-7-12-5-10(8-21-12)15(18)19/h3-6,8-9,17H,7H2,1-2H3,(H,18,19). The molecule has 0 bridgehead atoms. The number of methoxy groups -OCH3 is 1. The van der Waals surface area contributed by atoms with E-state index in [1.165, 1.54) is 23.5 Å². The molecule has 1 atom stereocenters. The van der Waals surface area contributed by atoms with E-state index in [-0.39, 0.29) is 17.4 Å². The van der Waals surface area contributed by atoms with Crippen LogP contribution in [0, 0.1) is 5.82 Å². The lowest BCUT2D eigenvalue weighted by Gasteiger charge is -2.17. The fraction of sp³-hybridized carbons (Fsp3) is 0.267. The number of halogens is 1. The van der Waals surface area contributed by atoms with Gasteiger partial charge < -0.3 is 15.2 Å². The molecule has 0 aliphatic rings. The number of carboxylic acid groups (broad SMARTS) is 1. The van der Waals surface area contributed by atoms with Gasteiger partial charge in [0.25, 0.3) is 0 Å². The van der Waals surface area contributed by atoms with Gasteiger partial charge in [0.1, 0.15) is 11.6 Å². The van der Waals surface area contributed by atoms with Gasteiger partial charge in [0, 0.05) is 28.4 Å². The average molecular weight is 309 g/mol. The number of hydrogen-bond acceptors (Lipinski definition) is 4. The smallest absolute Gasteiger partial charge is 0.336 e. The summed E-state index contributed by atoms with van der Waals surface area (Å²) in [6, 6.07) is 5.90. The van der Waals surface area contributed by atoms with E-state index in [2.05, 4.69) is 5.32 Å². The van der Waals surface area contributed by atoms with E-state index >= 15 is 0 Å². The lowest BCUT2D eigenvalue weighted by atomic mass is 10.1. The normalized spacial score (nSPS) is 12.1. The fourth-order valence-corrected chi connectivity index (χ4v) is 2.80. The number of nitrogens with one attached hydrogen (secondary N) is 1. The van der Waals surface area contributed by atoms with Crippen LogP contribution in [0.1, 0.15) is 33.8 Å². The van der Waals surface area contributed by atoms with E-state index in [0.29, 0.717) is 12.3 Å². The molecule has 1 aromatic carbocycles. The minimum absolute atomic E-state index is 0.119. The first-order chi connectivity index (χ1) is 10.0. The maximum absolute atomic E-state index is 13.4. The second-order valence-corrected chi connectivity index (χ2v) is 5.59. The highest BCUT2D eigenvalue weighted by Gasteiger charge is 2.13. The molecule has 0 aliphatic heterocycles. The van der Waals surface area contributed by atoms with E-state index in [1.54, 1.807) is 24.6 Å². The van der Waals surface area contributed by atoms with Crippen molar-refractivity contribution in [3.8, 4) is 5.75 Å². The summed E-state index contributed by atoms with van der Waals surface area (Å²) in [5, 5.41) is 13.7. The van der Waals surface area contributed by atoms with E-state index in [9.17, 15) is 9.18 Å². The number of ether oxygens (including phenoxy) is 1. The predicted molar refractivity (Wildman–Crippen MR) is 79.5 cm³/mol. The van der Waals surface area contributed by atoms with Crippen molar-refractivity contribution in [3.63, 3.8) is 0 Å². The van der Waals surface area contributed by atoms with Crippen LogP contribution in [0.15, 0.2) is 29.6 Å². The molecule has 0 spiro atoms. The molecule has 1 unspecified atom stereocenters. The van der Waals surface area contributed by atoms with Crippen LogP contribution < -0.4 is 10.1 Å². The van der Waals surface area contributed by atoms with Crippen molar-refractivity contribution in [3.05, 3.63) is 51.5 Å². The molecule has 0 fully saturated rings. The van der Waals surface area contributed by atoms with Gasteiger partial charge in [-0.15, -0.1) is 11.3 Å². The number of benzene rings is 1. The van der Waals surface area contributed by atoms with Crippen molar-refractivity contribution >= 4 is 17.3 Å². The van der Waals surface area contributed by atoms with Gasteiger partial charge >= 0.3 is 5.97 Å². The van der Waals surface area contributed by atoms with Gasteiger partial charge in [0.05, 0.1) is 12.7 Å². The van der Waals surface area contributed by atoms with Crippen LogP contribution in [0.25, 0.3) is 0 Å². The molecule has 0 radical (unpaired) electrons. The Balaban J connectivity index is 2.05. The first kappa shape index (κ1) is 15.5. The van der Waals surface area contributed by atoms with E-state index in [0.717, 1.165) is 10.4 Å². The predicted octanol–water partition coefficient (Wildman–Crippen LogP) is 3.44. The van der Waals surface area contributed by atoms with Crippen LogP contribution in [0.3, 0.4) is 0 Å². The zero-order valence-electron chi connectivity index (χ0n) is 11.7. The Morgan fingerprint density at radius 3 is 2.86 bits per heavy atom. The SMILES string of the molecule is COc1ccc(F)cc1C(C)NCc1cc(C(=O)O)cs1. The fourth-order valence-electron chi connectivity index (χ4n) is 1.99. The van der Waals surface area contributed by atoms with Crippen molar-refractivity contribution in [1.29, 1.82) is 0 Å². The quantitative estimate of drug-likeness (QED) is 0.858. The minimum Gasteiger partial charge on any atom is -0.496 e. The maximum atomic E-state index is 13.4. The van der Waals surface area contributed by atoms with Crippen molar-refractivity contribution in [2.24, 2.45) is 0 Å². The molecular formula is C15H16FNO3S. The Kier molecular flexibility index (Phi) is 4.93. The molecule has 112 valence electrons. The number of thiophene rings is 1. The van der Waals surface area contributed by atoms with E-state index in [1.807, 2.05) is 6.92 Å². The molecule has 0 saturated carbocycles. The Morgan fingerprint density at radius 1 is 1.48 bits per heavy atom. The van der Waals surface area contributed by atoms with E-state index < -0.39 is 5.97 Å². The summed E-state index contributed by atoms with van der Waals surface area (Å²) < 4.78 is 18.6. The van der Waals surface area contributed by atoms with Crippen LogP contribution in [-0.4, -0.2) is 18.2 Å². The third-order valence-corrected chi connectivity index (χ3v) is 4.08. The van der Waals surface area contributed by atoms with Gasteiger partial charge in [-0.1, -0.05) is 0 Å². The van der Waals surface area contributed by atoms with Gasteiger partial charge in [-0.05, 0) is 31.2 Å². The molecule has 1 heterocycles. The monoisotopic (exact) mass is 309 g/mol. The molecule has 2 N–H and O–H groups in total. The summed E-state index contributed by atoms with van der Waals surface area (Å²) in [6.45, 7) is 2.42. The van der Waals surface area contributed by atoms with Gasteiger partial charge in [0.15, 0.2) is 0 Å². The molecular weight excluding hydrogens is 293 g/mol. The van der Waals surface area contributed by atoms with Crippen LogP contribution in [-0.2, 0) is 6.54 Å². The largest absolute Gasteiger partial charge is 0.496 e. The molecule has 0 amide bonds. The van der Waals surface area contributed by atoms with Crippen molar-refractivity contribution in [2.75, 3.05) is 7.11 Å². The molecule has 2 aromatic rings. The lowest BCUT2D eigenvalue weighted by molar-refractivity contribution is 0.0697. The zero-order chi connectivity index (χ0) is 15.4. The van der Waals surface area contributed by atoms with Crippen molar-refractivity contribution < 1.29 is 19.0 Å². The first-order valence-electron chi connectivity index (χ1n) is 6.38. The highest BCUT2D eigenvalue weighted by Crippen LogP contribution is 2.26. The number of carboxylic acids is 1. The van der Waals surface area contributed by atoms with Gasteiger partial charge in [-0.2, -0.15) is 0 Å². The van der Waals surface area contributed by atoms with Gasteiger partial charge in [-0.3, -0.25) is 0 Å². The lowest BCUT2D eigenvalue weighted by Crippen LogP contribution is -2.18. The first-order valence-corrected chi connectivity index (χ1v) is 7.26. The second-order valence-electron chi connectivity index (χ2n) is 4.60. The van der Waals surface area contributed by atoms with Crippen LogP contribution in [0.2, 0.25) is 0 Å². The number of aromatic carboxylic acids is 1. The summed E-state index contributed by atoms with van der Waals surface area (Å²) in [7, 11) is 1.54. The summed E-state index contributed by atoms with van der Waals surface area (Å²) >= 11 is 1.38. The third kappa shape index (κ3) is 3.80. The molecule has 2 rings (SSSR count). The third-order valence-electron chi connectivity index (χ3n) is 3.14. The highest BCUT2D eigenvalue weighted by atomic mass is 32.1. The number of carbonyl (C=O) groups is 1. The molecule has 6 heteroatoms. The van der Waals surface area contributed by atoms with Crippen LogP contribution >= 0.6 is 11.3 Å². The molecule has 4 nitrogen and oxygen atoms in total. The van der Waals surface area contributed by atoms with Gasteiger partial charge in [0.2, 0.25) is 0 Å². The van der Waals surface area contributed by atoms with Crippen molar-refractivity contribution in [2.45, 2.75) is 19.5 Å². The van der Waals surface area contributed by atoms with Crippen LogP contribution in [0.4, 0.5) is 4.39 Å². The van der Waals surface area contributed by atoms with Crippen LogP contribution in [0.5, 0.6) is 5.75 Å². The minimum atomic E-state index is -0.933. The molecule has 0 saturated heterocycles. The summed E-state index contributed by atoms with van der Waals surface area (Å²) in [4.78, 5) is 11.7. The van der Waals surface area contributed by atoms with E-state index in [4.69, 9.17) is 9.84 Å². The average Bonchev–Trinajstić information content (AvgIpc) is 2.94. The summed E-state index contributed by atoms with van der Waals surface area (Å²) in [5.41, 5.74) is 1.01. The maximum Gasteiger partial charge on any atom is 0.336 e. The zero-order valence-corrected chi connectivity index (χ0v) is 12.5. The van der Waals surface area contributed by atoms with Crippen molar-refractivity contribution in [1.82, 2.24) is 5.32 Å². The number of rotatable bonds is 6. The topological polar surface area (TPSA) is 58.6 Å². The Bertz CT molecular complexity index is 642. The summed E-state index contributed by atoms with van der Waals surface area (Å²) in [5.74, 6) is -0.630. The Hall–Kier alpha value is -1.92. The highest BCUT2D eigenvalue weighted by molar-refractivity contribution is 7.10. The molecule has 1 aromatic heterocycles. The molecule has 21 heavy (non-hydrogen) atoms. The van der Waals surface area contributed by atoms with Gasteiger partial charge in [-0.25, -0.2) is 9.18 Å². The Labute approximate surface area is 126 Å². The molecule has 0 aliphatic carbocycles. The Morgan fingerprint density at radius 2 is 2.24 bits per heavy atom. The second kappa shape index (κ2) is 6.69. The number of hydrogen-bond donors (Lipinski definition) is 2. The summed E-state index contributed by atoms with van der Waals surface area (Å²) in [6.07, 6.45) is 0.